The van der Waals surface area contributed by atoms with E-state index in [4.69, 9.17) is 0 Å². The lowest BCUT2D eigenvalue weighted by molar-refractivity contribution is -0.115. The van der Waals surface area contributed by atoms with Crippen LogP contribution in [0, 0.1) is 0 Å². The first kappa shape index (κ1) is 27.8. The van der Waals surface area contributed by atoms with E-state index in [9.17, 15) is 9.90 Å². The number of carbonyl (C=O) groups excluding carboxylic acids is 1. The Hall–Kier alpha value is -3.25. The zero-order valence-electron chi connectivity index (χ0n) is 21.6. The van der Waals surface area contributed by atoms with Crippen LogP contribution in [-0.4, -0.2) is 56.6 Å². The van der Waals surface area contributed by atoms with Gasteiger partial charge < -0.3 is 20.6 Å². The summed E-state index contributed by atoms with van der Waals surface area (Å²) >= 11 is 2.88. The Morgan fingerprint density at radius 1 is 0.868 bits per heavy atom. The van der Waals surface area contributed by atoms with Crippen LogP contribution >= 0.6 is 22.7 Å². The number of nitrogens with one attached hydrogen (secondary N) is 2. The summed E-state index contributed by atoms with van der Waals surface area (Å²) in [6.07, 6.45) is 3.54. The Kier molecular flexibility index (Phi) is 10.3. The second-order valence-corrected chi connectivity index (χ2v) is 11.5. The lowest BCUT2D eigenvalue weighted by Gasteiger charge is -2.14. The van der Waals surface area contributed by atoms with Crippen molar-refractivity contribution in [2.75, 3.05) is 24.7 Å². The molecule has 2 heterocycles. The molecule has 1 unspecified atom stereocenters. The van der Waals surface area contributed by atoms with Gasteiger partial charge in [0.15, 0.2) is 0 Å². The van der Waals surface area contributed by atoms with Crippen LogP contribution in [0.4, 0.5) is 10.3 Å². The normalized spacial score (nSPS) is 12.0. The highest BCUT2D eigenvalue weighted by atomic mass is 32.1. The molecule has 38 heavy (non-hydrogen) atoms. The molecule has 0 spiro atoms. The molecule has 0 saturated carbocycles. The van der Waals surface area contributed by atoms with Gasteiger partial charge in [-0.3, -0.25) is 4.79 Å². The Morgan fingerprint density at radius 3 is 2.21 bits per heavy atom. The predicted molar refractivity (Wildman–Crippen MR) is 152 cm³/mol. The molecule has 0 bridgehead atoms. The molecule has 4 aromatic rings. The first-order valence-corrected chi connectivity index (χ1v) is 14.2. The van der Waals surface area contributed by atoms with E-state index in [0.29, 0.717) is 23.1 Å². The molecule has 3 N–H and O–H groups in total. The van der Waals surface area contributed by atoms with Crippen molar-refractivity contribution in [1.82, 2.24) is 25.3 Å². The predicted octanol–water partition coefficient (Wildman–Crippen LogP) is 4.17. The van der Waals surface area contributed by atoms with E-state index in [2.05, 4.69) is 48.1 Å². The van der Waals surface area contributed by atoms with Crippen LogP contribution in [0.15, 0.2) is 54.6 Å². The number of benzene rings is 2. The number of anilines is 2. The molecule has 1 atom stereocenters. The Bertz CT molecular complexity index is 1290. The van der Waals surface area contributed by atoms with Crippen LogP contribution in [-0.2, 0) is 37.0 Å². The highest BCUT2D eigenvalue weighted by Gasteiger charge is 2.12. The van der Waals surface area contributed by atoms with Crippen molar-refractivity contribution in [2.24, 2.45) is 0 Å². The summed E-state index contributed by atoms with van der Waals surface area (Å²) in [6, 6.07) is 17.9. The highest BCUT2D eigenvalue weighted by molar-refractivity contribution is 7.15. The third kappa shape index (κ3) is 9.25. The molecule has 1 amide bonds. The minimum absolute atomic E-state index is 0.0949. The van der Waals surface area contributed by atoms with Crippen LogP contribution in [0.3, 0.4) is 0 Å². The lowest BCUT2D eigenvalue weighted by Crippen LogP contribution is -2.21. The zero-order chi connectivity index (χ0) is 26.7. The number of aliphatic hydroxyl groups is 1. The minimum atomic E-state index is -0.731. The maximum Gasteiger partial charge on any atom is 0.230 e. The summed E-state index contributed by atoms with van der Waals surface area (Å²) in [5, 5.41) is 36.1. The van der Waals surface area contributed by atoms with Gasteiger partial charge in [-0.1, -0.05) is 77.3 Å². The van der Waals surface area contributed by atoms with E-state index < -0.39 is 6.23 Å². The molecule has 9 nitrogen and oxygen atoms in total. The van der Waals surface area contributed by atoms with Crippen LogP contribution in [0.25, 0.3) is 0 Å². The zero-order valence-corrected chi connectivity index (χ0v) is 23.3. The molecule has 4 rings (SSSR count). The number of hydrogen-bond acceptors (Lipinski definition) is 10. The summed E-state index contributed by atoms with van der Waals surface area (Å²) < 4.78 is 0. The van der Waals surface area contributed by atoms with Crippen LogP contribution in [0.1, 0.15) is 39.5 Å². The minimum Gasteiger partial charge on any atom is -0.373 e. The smallest absolute Gasteiger partial charge is 0.230 e. The van der Waals surface area contributed by atoms with E-state index in [1.165, 1.54) is 28.2 Å². The molecule has 0 aliphatic rings. The van der Waals surface area contributed by atoms with Gasteiger partial charge in [0, 0.05) is 25.8 Å². The molecular formula is C27H33N7O2S2. The number of carbonyl (C=O) groups is 1. The van der Waals surface area contributed by atoms with Crippen molar-refractivity contribution in [2.45, 2.75) is 51.3 Å². The van der Waals surface area contributed by atoms with Crippen molar-refractivity contribution in [3.8, 4) is 0 Å². The SMILES string of the molecule is CN(C)Cc1cccc(CC(O)Nc2nnc(CCCCc3nnc(NC(=O)Cc4ccccc4)s3)s2)c1. The van der Waals surface area contributed by atoms with E-state index in [1.807, 2.05) is 56.6 Å². The monoisotopic (exact) mass is 551 g/mol. The Balaban J connectivity index is 1.15. The standard InChI is InChI=1S/C27H33N7O2S2/c1-34(2)18-21-12-8-11-20(15-21)17-23(36)29-27-33-31-25(38-27)14-7-6-13-24-30-32-26(37-24)28-22(35)16-19-9-4-3-5-10-19/h3-5,8-12,15,23,36H,6-7,13-14,16-18H2,1-2H3,(H,29,33)(H,28,32,35). The van der Waals surface area contributed by atoms with E-state index in [-0.39, 0.29) is 5.91 Å². The fraction of sp³-hybridized carbons (Fsp3) is 0.370. The fourth-order valence-corrected chi connectivity index (χ4v) is 5.58. The van der Waals surface area contributed by atoms with Gasteiger partial charge in [-0.05, 0) is 43.6 Å². The van der Waals surface area contributed by atoms with Crippen molar-refractivity contribution in [3.05, 3.63) is 81.3 Å². The van der Waals surface area contributed by atoms with Gasteiger partial charge in [0.25, 0.3) is 0 Å². The first-order valence-electron chi connectivity index (χ1n) is 12.6. The number of unbranched alkanes of at least 4 members (excludes halogenated alkanes) is 1. The van der Waals surface area contributed by atoms with Gasteiger partial charge in [0.1, 0.15) is 16.2 Å². The van der Waals surface area contributed by atoms with Crippen LogP contribution in [0.5, 0.6) is 0 Å². The highest BCUT2D eigenvalue weighted by Crippen LogP contribution is 2.21. The van der Waals surface area contributed by atoms with Crippen LogP contribution < -0.4 is 10.6 Å². The number of aromatic nitrogens is 4. The molecule has 0 radical (unpaired) electrons. The molecule has 2 aromatic carbocycles. The van der Waals surface area contributed by atoms with Crippen molar-refractivity contribution < 1.29 is 9.90 Å². The third-order valence-corrected chi connectivity index (χ3v) is 7.44. The topological polar surface area (TPSA) is 116 Å². The van der Waals surface area contributed by atoms with Crippen molar-refractivity contribution in [3.63, 3.8) is 0 Å². The van der Waals surface area contributed by atoms with Crippen molar-refractivity contribution in [1.29, 1.82) is 0 Å². The number of nitrogens with zero attached hydrogens (tertiary/aromatic N) is 5. The molecule has 2 aromatic heterocycles. The number of rotatable bonds is 14. The summed E-state index contributed by atoms with van der Waals surface area (Å²) in [5.74, 6) is -0.0949. The summed E-state index contributed by atoms with van der Waals surface area (Å²) in [4.78, 5) is 14.3. The molecule has 0 saturated heterocycles. The molecule has 0 fully saturated rings. The van der Waals surface area contributed by atoms with E-state index >= 15 is 0 Å². The largest absolute Gasteiger partial charge is 0.373 e. The van der Waals surface area contributed by atoms with Gasteiger partial charge in [-0.25, -0.2) is 0 Å². The van der Waals surface area contributed by atoms with Gasteiger partial charge in [-0.2, -0.15) is 0 Å². The van der Waals surface area contributed by atoms with Crippen molar-refractivity contribution >= 4 is 38.8 Å². The van der Waals surface area contributed by atoms with Gasteiger partial charge >= 0.3 is 0 Å². The summed E-state index contributed by atoms with van der Waals surface area (Å²) in [5.41, 5.74) is 3.25. The quantitative estimate of drug-likeness (QED) is 0.158. The number of hydrogen-bond donors (Lipinski definition) is 3. The average molecular weight is 552 g/mol. The summed E-state index contributed by atoms with van der Waals surface area (Å²) in [6.45, 7) is 0.864. The number of amides is 1. The lowest BCUT2D eigenvalue weighted by atomic mass is 10.1. The van der Waals surface area contributed by atoms with E-state index in [1.54, 1.807) is 0 Å². The molecule has 200 valence electrons. The van der Waals surface area contributed by atoms with Gasteiger partial charge in [0.05, 0.1) is 6.42 Å². The molecule has 0 aliphatic carbocycles. The summed E-state index contributed by atoms with van der Waals surface area (Å²) in [7, 11) is 4.08. The average Bonchev–Trinajstić information content (AvgIpc) is 3.51. The Morgan fingerprint density at radius 2 is 1.50 bits per heavy atom. The second-order valence-electron chi connectivity index (χ2n) is 9.34. The maximum atomic E-state index is 12.2. The molecular weight excluding hydrogens is 518 g/mol. The molecule has 11 heteroatoms. The third-order valence-electron chi connectivity index (χ3n) is 5.63. The maximum absolute atomic E-state index is 12.2. The molecule has 0 aliphatic heterocycles. The Labute approximate surface area is 231 Å². The van der Waals surface area contributed by atoms with Crippen LogP contribution in [0.2, 0.25) is 0 Å². The first-order chi connectivity index (χ1) is 18.4. The number of aryl methyl sites for hydroxylation is 2. The van der Waals surface area contributed by atoms with E-state index in [0.717, 1.165) is 53.4 Å². The van der Waals surface area contributed by atoms with Gasteiger partial charge in [0.2, 0.25) is 16.2 Å². The fourth-order valence-electron chi connectivity index (χ4n) is 3.95. The van der Waals surface area contributed by atoms with Gasteiger partial charge in [-0.15, -0.1) is 20.4 Å². The number of aliphatic hydroxyl groups excluding tert-OH is 1. The second kappa shape index (κ2) is 14.1.